The van der Waals surface area contributed by atoms with E-state index in [0.717, 1.165) is 15.9 Å². The number of rotatable bonds is 6. The lowest BCUT2D eigenvalue weighted by Crippen LogP contribution is -2.67. The first-order valence-corrected chi connectivity index (χ1v) is 15.7. The lowest BCUT2D eigenvalue weighted by molar-refractivity contribution is -0.128. The van der Waals surface area contributed by atoms with Crippen LogP contribution in [0.2, 0.25) is 10.1 Å². The average Bonchev–Trinajstić information content (AvgIpc) is 3.20. The second-order valence-corrected chi connectivity index (χ2v) is 16.9. The first kappa shape index (κ1) is 29.1. The number of nitrogens with zero attached hydrogens (tertiary/aromatic N) is 1. The number of amides is 2. The third-order valence-electron chi connectivity index (χ3n) is 7.24. The molecule has 1 fully saturated rings. The quantitative estimate of drug-likeness (QED) is 0.320. The number of hydrogen-bond donors (Lipinski definition) is 0. The highest BCUT2D eigenvalue weighted by molar-refractivity contribution is 6.99. The van der Waals surface area contributed by atoms with Crippen LogP contribution < -0.4 is 10.4 Å². The summed E-state index contributed by atoms with van der Waals surface area (Å²) in [6.07, 6.45) is -0.449. The Morgan fingerprint density at radius 1 is 0.872 bits per heavy atom. The third kappa shape index (κ3) is 6.13. The van der Waals surface area contributed by atoms with Crippen molar-refractivity contribution >= 4 is 42.3 Å². The van der Waals surface area contributed by atoms with E-state index in [4.69, 9.17) is 20.8 Å². The van der Waals surface area contributed by atoms with Gasteiger partial charge in [-0.2, -0.15) is 0 Å². The zero-order valence-corrected chi connectivity index (χ0v) is 25.4. The molecule has 0 radical (unpaired) electrons. The highest BCUT2D eigenvalue weighted by Crippen LogP contribution is 2.40. The lowest BCUT2D eigenvalue weighted by atomic mass is 9.92. The van der Waals surface area contributed by atoms with Gasteiger partial charge >= 0.3 is 6.09 Å². The van der Waals surface area contributed by atoms with Gasteiger partial charge in [0.25, 0.3) is 8.32 Å². The first-order valence-electron chi connectivity index (χ1n) is 13.4. The minimum atomic E-state index is -2.90. The molecule has 0 aliphatic carbocycles. The fourth-order valence-electron chi connectivity index (χ4n) is 5.55. The summed E-state index contributed by atoms with van der Waals surface area (Å²) in [5, 5.41) is 2.65. The van der Waals surface area contributed by atoms with Crippen LogP contribution in [-0.2, 0) is 14.0 Å². The lowest BCUT2D eigenvalue weighted by Gasteiger charge is -2.44. The van der Waals surface area contributed by atoms with Crippen LogP contribution in [0.4, 0.5) is 4.79 Å². The molecule has 1 saturated heterocycles. The van der Waals surface area contributed by atoms with Gasteiger partial charge in [-0.1, -0.05) is 105 Å². The van der Waals surface area contributed by atoms with Crippen LogP contribution in [-0.4, -0.2) is 43.5 Å². The third-order valence-corrected chi connectivity index (χ3v) is 12.5. The second kappa shape index (κ2) is 11.3. The molecule has 0 bridgehead atoms. The van der Waals surface area contributed by atoms with E-state index < -0.39 is 26.1 Å². The van der Waals surface area contributed by atoms with Crippen LogP contribution in [0.1, 0.15) is 59.4 Å². The molecule has 0 spiro atoms. The largest absolute Gasteiger partial charge is 0.443 e. The second-order valence-electron chi connectivity index (χ2n) is 12.1. The molecule has 206 valence electrons. The van der Waals surface area contributed by atoms with Gasteiger partial charge in [0, 0.05) is 17.4 Å². The Bertz CT molecular complexity index is 1240. The van der Waals surface area contributed by atoms with Gasteiger partial charge in [-0.3, -0.25) is 4.79 Å². The minimum Gasteiger partial charge on any atom is -0.443 e. The normalized spacial score (nSPS) is 18.3. The van der Waals surface area contributed by atoms with Gasteiger partial charge in [0.05, 0.1) is 12.6 Å². The SMILES string of the molecule is CC(C)(C)OC(=O)N1C(=O)C[C@H](c2ccc(Cl)cc2)[C@H]1CO[Si](c1ccccc1)(c1ccccc1)C(C)(C)C. The summed E-state index contributed by atoms with van der Waals surface area (Å²) < 4.78 is 12.9. The molecule has 0 unspecified atom stereocenters. The Kier molecular flexibility index (Phi) is 8.40. The fourth-order valence-corrected chi connectivity index (χ4v) is 10.3. The van der Waals surface area contributed by atoms with Crippen LogP contribution in [0, 0.1) is 0 Å². The van der Waals surface area contributed by atoms with Crippen molar-refractivity contribution in [2.75, 3.05) is 6.61 Å². The standard InChI is InChI=1S/C32H38ClNO4Si/c1-31(2,3)38-30(36)34-28(27(21-29(34)35)23-17-19-24(33)20-18-23)22-37-39(32(4,5)6,25-13-9-7-10-14-25)26-15-11-8-12-16-26/h7-20,27-28H,21-22H2,1-6H3/t27-,28-/m1/s1. The van der Waals surface area contributed by atoms with Crippen LogP contribution >= 0.6 is 11.6 Å². The molecule has 4 rings (SSSR count). The number of benzene rings is 3. The number of ether oxygens (including phenoxy) is 1. The summed E-state index contributed by atoms with van der Waals surface area (Å²) in [7, 11) is -2.90. The molecular formula is C32H38ClNO4Si. The maximum Gasteiger partial charge on any atom is 0.417 e. The van der Waals surface area contributed by atoms with Crippen molar-refractivity contribution in [1.82, 2.24) is 4.90 Å². The van der Waals surface area contributed by atoms with Crippen molar-refractivity contribution in [2.24, 2.45) is 0 Å². The van der Waals surface area contributed by atoms with Gasteiger partial charge in [-0.25, -0.2) is 9.69 Å². The number of carbonyl (C=O) groups is 2. The molecule has 2 amide bonds. The molecule has 0 aromatic heterocycles. The fraction of sp³-hybridized carbons (Fsp3) is 0.375. The van der Waals surface area contributed by atoms with E-state index in [1.54, 1.807) is 20.8 Å². The van der Waals surface area contributed by atoms with Gasteiger partial charge in [-0.15, -0.1) is 0 Å². The molecule has 1 aliphatic rings. The number of hydrogen-bond acceptors (Lipinski definition) is 4. The smallest absolute Gasteiger partial charge is 0.417 e. The Labute approximate surface area is 238 Å². The summed E-state index contributed by atoms with van der Waals surface area (Å²) in [5.41, 5.74) is 0.203. The zero-order chi connectivity index (χ0) is 28.4. The summed E-state index contributed by atoms with van der Waals surface area (Å²) in [6.45, 7) is 12.2. The Morgan fingerprint density at radius 3 is 1.85 bits per heavy atom. The minimum absolute atomic E-state index is 0.186. The Hall–Kier alpha value is -2.93. The number of halogens is 1. The van der Waals surface area contributed by atoms with Gasteiger partial charge < -0.3 is 9.16 Å². The molecule has 39 heavy (non-hydrogen) atoms. The van der Waals surface area contributed by atoms with Gasteiger partial charge in [0.1, 0.15) is 5.60 Å². The number of likely N-dealkylation sites (tertiary alicyclic amines) is 1. The predicted molar refractivity (Wildman–Crippen MR) is 159 cm³/mol. The van der Waals surface area contributed by atoms with Crippen molar-refractivity contribution in [1.29, 1.82) is 0 Å². The van der Waals surface area contributed by atoms with Crippen molar-refractivity contribution in [3.8, 4) is 0 Å². The van der Waals surface area contributed by atoms with Crippen molar-refractivity contribution < 1.29 is 18.8 Å². The van der Waals surface area contributed by atoms with E-state index in [1.165, 1.54) is 4.90 Å². The van der Waals surface area contributed by atoms with E-state index in [0.29, 0.717) is 5.02 Å². The molecule has 3 aromatic carbocycles. The van der Waals surface area contributed by atoms with Crippen LogP contribution in [0.25, 0.3) is 0 Å². The Balaban J connectivity index is 1.80. The molecule has 7 heteroatoms. The van der Waals surface area contributed by atoms with E-state index in [1.807, 2.05) is 60.7 Å². The highest BCUT2D eigenvalue weighted by atomic mass is 35.5. The first-order chi connectivity index (χ1) is 18.3. The van der Waals surface area contributed by atoms with Crippen LogP contribution in [0.5, 0.6) is 0 Å². The van der Waals surface area contributed by atoms with E-state index >= 15 is 0 Å². The number of imide groups is 1. The maximum atomic E-state index is 13.4. The summed E-state index contributed by atoms with van der Waals surface area (Å²) in [6, 6.07) is 27.6. The van der Waals surface area contributed by atoms with Crippen LogP contribution in [0.3, 0.4) is 0 Å². The van der Waals surface area contributed by atoms with E-state index in [-0.39, 0.29) is 29.9 Å². The highest BCUT2D eigenvalue weighted by Gasteiger charge is 2.53. The van der Waals surface area contributed by atoms with Gasteiger partial charge in [0.15, 0.2) is 0 Å². The van der Waals surface area contributed by atoms with E-state index in [2.05, 4.69) is 45.0 Å². The van der Waals surface area contributed by atoms with Gasteiger partial charge in [-0.05, 0) is 53.9 Å². The van der Waals surface area contributed by atoms with Crippen molar-refractivity contribution in [3.05, 3.63) is 95.5 Å². The molecule has 3 aromatic rings. The number of carbonyl (C=O) groups excluding carboxylic acids is 2. The summed E-state index contributed by atoms with van der Waals surface area (Å²) in [5.74, 6) is -0.513. The van der Waals surface area contributed by atoms with Crippen LogP contribution in [0.15, 0.2) is 84.9 Å². The van der Waals surface area contributed by atoms with E-state index in [9.17, 15) is 9.59 Å². The topological polar surface area (TPSA) is 55.8 Å². The molecule has 1 aliphatic heterocycles. The predicted octanol–water partition coefficient (Wildman–Crippen LogP) is 6.54. The average molecular weight is 564 g/mol. The zero-order valence-electron chi connectivity index (χ0n) is 23.6. The molecule has 0 saturated carbocycles. The maximum absolute atomic E-state index is 13.4. The van der Waals surface area contributed by atoms with Gasteiger partial charge in [0.2, 0.25) is 5.91 Å². The molecule has 0 N–H and O–H groups in total. The molecule has 1 heterocycles. The molecular weight excluding hydrogens is 526 g/mol. The molecule has 5 nitrogen and oxygen atoms in total. The van der Waals surface area contributed by atoms with Crippen molar-refractivity contribution in [3.63, 3.8) is 0 Å². The monoisotopic (exact) mass is 563 g/mol. The van der Waals surface area contributed by atoms with Crippen molar-refractivity contribution in [2.45, 2.75) is 70.6 Å². The molecule has 2 atom stereocenters. The Morgan fingerprint density at radius 2 is 1.38 bits per heavy atom. The summed E-state index contributed by atoms with van der Waals surface area (Å²) in [4.78, 5) is 28.1. The summed E-state index contributed by atoms with van der Waals surface area (Å²) >= 11 is 6.17.